The van der Waals surface area contributed by atoms with E-state index in [0.717, 1.165) is 12.1 Å². The van der Waals surface area contributed by atoms with Gasteiger partial charge in [0.25, 0.3) is 0 Å². The first-order chi connectivity index (χ1) is 10.3. The van der Waals surface area contributed by atoms with Crippen LogP contribution in [0.5, 0.6) is 0 Å². The second-order valence-electron chi connectivity index (χ2n) is 4.79. The summed E-state index contributed by atoms with van der Waals surface area (Å²) in [5, 5.41) is 2.90. The van der Waals surface area contributed by atoms with Gasteiger partial charge < -0.3 is 5.32 Å². The lowest BCUT2D eigenvalue weighted by atomic mass is 10.1. The Morgan fingerprint density at radius 2 is 1.64 bits per heavy atom. The monoisotopic (exact) mass is 321 g/mol. The van der Waals surface area contributed by atoms with Gasteiger partial charge in [0.1, 0.15) is 0 Å². The minimum absolute atomic E-state index is 0.0191. The molecule has 3 rings (SSSR count). The molecule has 0 atom stereocenters. The zero-order chi connectivity index (χ0) is 16.3. The number of fused-ring (bicyclic) bond motifs is 3. The fourth-order valence-electron chi connectivity index (χ4n) is 2.46. The third kappa shape index (κ3) is 4.14. The molecule has 1 amide bonds. The molecule has 0 saturated heterocycles. The molecule has 0 fully saturated rings. The van der Waals surface area contributed by atoms with Crippen molar-refractivity contribution in [1.29, 1.82) is 0 Å². The molecule has 3 N–H and O–H groups in total. The number of anilines is 1. The van der Waals surface area contributed by atoms with Crippen LogP contribution in [0, 0.1) is 0 Å². The van der Waals surface area contributed by atoms with E-state index in [4.69, 9.17) is 17.5 Å². The van der Waals surface area contributed by atoms with Crippen molar-refractivity contribution in [1.82, 2.24) is 0 Å². The third-order valence-corrected chi connectivity index (χ3v) is 3.16. The van der Waals surface area contributed by atoms with Gasteiger partial charge >= 0.3 is 10.4 Å². The van der Waals surface area contributed by atoms with Gasteiger partial charge in [-0.2, -0.15) is 8.42 Å². The largest absolute Gasteiger partial charge is 0.394 e. The molecule has 0 heterocycles. The molecule has 0 aliphatic heterocycles. The van der Waals surface area contributed by atoms with Crippen molar-refractivity contribution in [2.45, 2.75) is 13.3 Å². The quantitative estimate of drug-likeness (QED) is 0.598. The van der Waals surface area contributed by atoms with Crippen LogP contribution in [-0.2, 0) is 21.6 Å². The number of nitrogens with one attached hydrogen (secondary N) is 1. The predicted molar refractivity (Wildman–Crippen MR) is 83.2 cm³/mol. The van der Waals surface area contributed by atoms with Gasteiger partial charge in [-0.05, 0) is 28.3 Å². The van der Waals surface area contributed by atoms with Crippen molar-refractivity contribution >= 4 is 22.0 Å². The van der Waals surface area contributed by atoms with Crippen molar-refractivity contribution in [3.8, 4) is 11.1 Å². The second-order valence-corrected chi connectivity index (χ2v) is 5.69. The molecule has 2 aromatic carbocycles. The van der Waals surface area contributed by atoms with E-state index in [-0.39, 0.29) is 5.91 Å². The summed E-state index contributed by atoms with van der Waals surface area (Å²) < 4.78 is 31.6. The zero-order valence-electron chi connectivity index (χ0n) is 11.8. The van der Waals surface area contributed by atoms with Gasteiger partial charge in [0, 0.05) is 19.0 Å². The van der Waals surface area contributed by atoms with Crippen LogP contribution in [0.2, 0.25) is 0 Å². The average Bonchev–Trinajstić information content (AvgIpc) is 2.76. The highest BCUT2D eigenvalue weighted by Crippen LogP contribution is 2.39. The lowest BCUT2D eigenvalue weighted by molar-refractivity contribution is -0.114. The van der Waals surface area contributed by atoms with E-state index >= 15 is 0 Å². The summed E-state index contributed by atoms with van der Waals surface area (Å²) in [6.45, 7) is 1.54. The van der Waals surface area contributed by atoms with Crippen molar-refractivity contribution in [2.24, 2.45) is 0 Å². The van der Waals surface area contributed by atoms with E-state index in [1.54, 1.807) is 6.92 Å². The molecular weight excluding hydrogens is 306 g/mol. The van der Waals surface area contributed by atoms with E-state index in [9.17, 15) is 4.79 Å². The Morgan fingerprint density at radius 1 is 1.05 bits per heavy atom. The minimum Gasteiger partial charge on any atom is -0.326 e. The van der Waals surface area contributed by atoms with Gasteiger partial charge in [0.05, 0.1) is 0 Å². The molecule has 1 aliphatic rings. The summed E-state index contributed by atoms with van der Waals surface area (Å²) in [6.07, 6.45) is 0.905. The molecule has 116 valence electrons. The lowest BCUT2D eigenvalue weighted by Crippen LogP contribution is -2.07. The molecule has 0 spiro atoms. The van der Waals surface area contributed by atoms with Crippen LogP contribution in [-0.4, -0.2) is 23.4 Å². The van der Waals surface area contributed by atoms with Crippen LogP contribution in [0.25, 0.3) is 11.1 Å². The van der Waals surface area contributed by atoms with Crippen LogP contribution in [0.3, 0.4) is 0 Å². The first-order valence-electron chi connectivity index (χ1n) is 6.43. The summed E-state index contributed by atoms with van der Waals surface area (Å²) in [4.78, 5) is 11.2. The van der Waals surface area contributed by atoms with Gasteiger partial charge in [-0.1, -0.05) is 36.4 Å². The first-order valence-corrected chi connectivity index (χ1v) is 7.83. The lowest BCUT2D eigenvalue weighted by Gasteiger charge is -2.08. The Labute approximate surface area is 128 Å². The molecule has 6 nitrogen and oxygen atoms in total. The van der Waals surface area contributed by atoms with E-state index in [1.165, 1.54) is 22.3 Å². The smallest absolute Gasteiger partial charge is 0.326 e. The van der Waals surface area contributed by atoms with Gasteiger partial charge in [-0.15, -0.1) is 0 Å². The molecule has 22 heavy (non-hydrogen) atoms. The van der Waals surface area contributed by atoms with E-state index in [2.05, 4.69) is 35.6 Å². The Morgan fingerprint density at radius 3 is 2.27 bits per heavy atom. The number of carbonyl (C=O) groups is 1. The van der Waals surface area contributed by atoms with E-state index in [0.29, 0.717) is 0 Å². The molecule has 0 aromatic heterocycles. The summed E-state index contributed by atoms with van der Waals surface area (Å²) >= 11 is 0. The Balaban J connectivity index is 0.000000309. The second kappa shape index (κ2) is 6.27. The summed E-state index contributed by atoms with van der Waals surface area (Å²) in [5.41, 5.74) is 6.02. The number of hydrogen-bond donors (Lipinski definition) is 3. The zero-order valence-corrected chi connectivity index (χ0v) is 12.6. The average molecular weight is 321 g/mol. The highest BCUT2D eigenvalue weighted by Gasteiger charge is 2.20. The summed E-state index contributed by atoms with van der Waals surface area (Å²) in [6, 6.07) is 14.5. The highest BCUT2D eigenvalue weighted by atomic mass is 32.3. The van der Waals surface area contributed by atoms with Gasteiger partial charge in [-0.3, -0.25) is 13.9 Å². The Hall–Kier alpha value is -2.22. The molecule has 2 aromatic rings. The fraction of sp³-hybridized carbons (Fsp3) is 0.133. The number of rotatable bonds is 1. The van der Waals surface area contributed by atoms with Crippen LogP contribution in [0.15, 0.2) is 42.5 Å². The van der Waals surface area contributed by atoms with Crippen LogP contribution >= 0.6 is 0 Å². The van der Waals surface area contributed by atoms with Gasteiger partial charge in [-0.25, -0.2) is 0 Å². The molecule has 0 radical (unpaired) electrons. The van der Waals surface area contributed by atoms with E-state index in [1.807, 2.05) is 12.1 Å². The van der Waals surface area contributed by atoms with Crippen LogP contribution in [0.1, 0.15) is 18.1 Å². The summed E-state index contributed by atoms with van der Waals surface area (Å²) in [7, 11) is -4.67. The number of amides is 1. The van der Waals surface area contributed by atoms with Crippen molar-refractivity contribution in [3.05, 3.63) is 53.6 Å². The Kier molecular flexibility index (Phi) is 4.60. The van der Waals surface area contributed by atoms with Crippen molar-refractivity contribution < 1.29 is 22.3 Å². The molecular formula is C15H15NO5S. The SMILES string of the molecule is CC(=O)Nc1cccc2c1Cc1ccccc1-2.O=S(=O)(O)O. The molecule has 1 aliphatic carbocycles. The highest BCUT2D eigenvalue weighted by molar-refractivity contribution is 7.79. The number of hydrogen-bond acceptors (Lipinski definition) is 3. The number of benzene rings is 2. The van der Waals surface area contributed by atoms with E-state index < -0.39 is 10.4 Å². The number of carbonyl (C=O) groups excluding carboxylic acids is 1. The molecule has 0 saturated carbocycles. The fourth-order valence-corrected chi connectivity index (χ4v) is 2.46. The van der Waals surface area contributed by atoms with Crippen molar-refractivity contribution in [3.63, 3.8) is 0 Å². The molecule has 0 unspecified atom stereocenters. The van der Waals surface area contributed by atoms with Crippen molar-refractivity contribution in [2.75, 3.05) is 5.32 Å². The van der Waals surface area contributed by atoms with Crippen LogP contribution < -0.4 is 5.32 Å². The third-order valence-electron chi connectivity index (χ3n) is 3.16. The first kappa shape index (κ1) is 16.2. The van der Waals surface area contributed by atoms with Crippen LogP contribution in [0.4, 0.5) is 5.69 Å². The molecule has 7 heteroatoms. The standard InChI is InChI=1S/C15H13NO.H2O4S/c1-10(17)16-15-8-4-7-13-12-6-3-2-5-11(12)9-14(13)15;1-5(2,3)4/h2-8H,9H2,1H3,(H,16,17);(H2,1,2,3,4). The Bertz CT molecular complexity index is 806. The molecule has 0 bridgehead atoms. The maximum atomic E-state index is 11.2. The van der Waals surface area contributed by atoms with Gasteiger partial charge in [0.15, 0.2) is 0 Å². The predicted octanol–water partition coefficient (Wildman–Crippen LogP) is 2.56. The minimum atomic E-state index is -4.67. The topological polar surface area (TPSA) is 104 Å². The maximum absolute atomic E-state index is 11.2. The maximum Gasteiger partial charge on any atom is 0.394 e. The normalized spacial score (nSPS) is 11.8. The van der Waals surface area contributed by atoms with Gasteiger partial charge in [0.2, 0.25) is 5.91 Å². The summed E-state index contributed by atoms with van der Waals surface area (Å²) in [5.74, 6) is -0.0191.